The largest absolute Gasteiger partial charge is 0.508 e. The quantitative estimate of drug-likeness (QED) is 0.377. The highest BCUT2D eigenvalue weighted by atomic mass is 32.2. The SMILES string of the molecule is CC(C)NS(=O)(=O)c1ccc2c(c1)C1C=CCC1C(c1cc([N+](=O)[O-])ccc1O)N2. The minimum Gasteiger partial charge on any atom is -0.508 e. The van der Waals surface area contributed by atoms with Crippen LogP contribution in [0.3, 0.4) is 0 Å². The van der Waals surface area contributed by atoms with Gasteiger partial charge in [0.2, 0.25) is 10.0 Å². The number of fused-ring (bicyclic) bond motifs is 3. The van der Waals surface area contributed by atoms with Gasteiger partial charge in [-0.1, -0.05) is 12.2 Å². The summed E-state index contributed by atoms with van der Waals surface area (Å²) in [6.45, 7) is 3.53. The molecule has 2 aromatic rings. The predicted molar refractivity (Wildman–Crippen MR) is 113 cm³/mol. The van der Waals surface area contributed by atoms with Gasteiger partial charge in [-0.25, -0.2) is 13.1 Å². The van der Waals surface area contributed by atoms with Gasteiger partial charge in [0.15, 0.2) is 0 Å². The zero-order chi connectivity index (χ0) is 21.6. The fourth-order valence-corrected chi connectivity index (χ4v) is 5.62. The van der Waals surface area contributed by atoms with Crippen molar-refractivity contribution in [1.29, 1.82) is 0 Å². The number of sulfonamides is 1. The van der Waals surface area contributed by atoms with E-state index in [9.17, 15) is 23.6 Å². The van der Waals surface area contributed by atoms with Crippen LogP contribution in [0.25, 0.3) is 0 Å². The van der Waals surface area contributed by atoms with Crippen LogP contribution in [0.15, 0.2) is 53.4 Å². The Morgan fingerprint density at radius 2 is 1.97 bits per heavy atom. The number of nitrogens with zero attached hydrogens (tertiary/aromatic N) is 1. The van der Waals surface area contributed by atoms with Crippen molar-refractivity contribution >= 4 is 21.4 Å². The number of anilines is 1. The Bertz CT molecular complexity index is 1140. The van der Waals surface area contributed by atoms with Crippen LogP contribution < -0.4 is 10.0 Å². The van der Waals surface area contributed by atoms with E-state index in [2.05, 4.69) is 10.0 Å². The summed E-state index contributed by atoms with van der Waals surface area (Å²) in [5.41, 5.74) is 1.99. The molecule has 3 atom stereocenters. The van der Waals surface area contributed by atoms with Crippen LogP contribution in [0.2, 0.25) is 0 Å². The summed E-state index contributed by atoms with van der Waals surface area (Å²) in [5, 5.41) is 25.0. The first-order valence-corrected chi connectivity index (χ1v) is 11.2. The molecule has 0 saturated heterocycles. The summed E-state index contributed by atoms with van der Waals surface area (Å²) < 4.78 is 27.8. The molecule has 0 bridgehead atoms. The molecule has 0 saturated carbocycles. The normalized spacial score (nSPS) is 22.4. The summed E-state index contributed by atoms with van der Waals surface area (Å²) >= 11 is 0. The van der Waals surface area contributed by atoms with E-state index in [-0.39, 0.29) is 40.3 Å². The molecule has 0 radical (unpaired) electrons. The highest BCUT2D eigenvalue weighted by molar-refractivity contribution is 7.89. The Morgan fingerprint density at radius 3 is 2.67 bits per heavy atom. The monoisotopic (exact) mass is 429 g/mol. The van der Waals surface area contributed by atoms with Gasteiger partial charge >= 0.3 is 0 Å². The topological polar surface area (TPSA) is 122 Å². The van der Waals surface area contributed by atoms with Gasteiger partial charge in [-0.3, -0.25) is 10.1 Å². The van der Waals surface area contributed by atoms with Crippen LogP contribution in [0.1, 0.15) is 43.4 Å². The molecule has 4 rings (SSSR count). The van der Waals surface area contributed by atoms with Gasteiger partial charge < -0.3 is 10.4 Å². The summed E-state index contributed by atoms with van der Waals surface area (Å²) in [5.74, 6) is -0.0620. The van der Waals surface area contributed by atoms with Gasteiger partial charge in [0.05, 0.1) is 15.9 Å². The van der Waals surface area contributed by atoms with Crippen molar-refractivity contribution in [2.24, 2.45) is 5.92 Å². The number of hydrogen-bond acceptors (Lipinski definition) is 6. The van der Waals surface area contributed by atoms with Crippen LogP contribution in [-0.2, 0) is 10.0 Å². The predicted octanol–water partition coefficient (Wildman–Crippen LogP) is 3.81. The number of aromatic hydroxyl groups is 1. The maximum absolute atomic E-state index is 12.6. The first-order chi connectivity index (χ1) is 14.2. The van der Waals surface area contributed by atoms with Gasteiger partial charge in [0.1, 0.15) is 5.75 Å². The molecule has 8 nitrogen and oxygen atoms in total. The van der Waals surface area contributed by atoms with Crippen molar-refractivity contribution in [3.63, 3.8) is 0 Å². The third kappa shape index (κ3) is 3.54. The van der Waals surface area contributed by atoms with E-state index in [1.807, 2.05) is 12.2 Å². The highest BCUT2D eigenvalue weighted by Crippen LogP contribution is 2.51. The second kappa shape index (κ2) is 7.41. The Morgan fingerprint density at radius 1 is 1.20 bits per heavy atom. The average molecular weight is 429 g/mol. The van der Waals surface area contributed by atoms with Gasteiger partial charge in [-0.05, 0) is 56.0 Å². The maximum atomic E-state index is 12.6. The van der Waals surface area contributed by atoms with Crippen LogP contribution in [0.4, 0.5) is 11.4 Å². The van der Waals surface area contributed by atoms with Crippen LogP contribution in [-0.4, -0.2) is 24.5 Å². The average Bonchev–Trinajstić information content (AvgIpc) is 3.16. The smallest absolute Gasteiger partial charge is 0.270 e. The van der Waals surface area contributed by atoms with Crippen molar-refractivity contribution in [3.05, 3.63) is 69.8 Å². The van der Waals surface area contributed by atoms with Gasteiger partial charge in [-0.2, -0.15) is 0 Å². The maximum Gasteiger partial charge on any atom is 0.270 e. The number of allylic oxidation sites excluding steroid dienone is 2. The van der Waals surface area contributed by atoms with E-state index in [0.717, 1.165) is 11.3 Å². The lowest BCUT2D eigenvalue weighted by Crippen LogP contribution is -2.32. The van der Waals surface area contributed by atoms with Gasteiger partial charge in [0.25, 0.3) is 5.69 Å². The molecule has 158 valence electrons. The fourth-order valence-electron chi connectivity index (χ4n) is 4.33. The van der Waals surface area contributed by atoms with Crippen molar-refractivity contribution < 1.29 is 18.4 Å². The Labute approximate surface area is 174 Å². The summed E-state index contributed by atoms with van der Waals surface area (Å²) in [7, 11) is -3.63. The number of benzene rings is 2. The van der Waals surface area contributed by atoms with E-state index < -0.39 is 14.9 Å². The van der Waals surface area contributed by atoms with Crippen LogP contribution >= 0.6 is 0 Å². The molecule has 3 unspecified atom stereocenters. The number of non-ortho nitro benzene ring substituents is 1. The minimum absolute atomic E-state index is 0.00131. The number of phenols is 1. The molecule has 0 fully saturated rings. The van der Waals surface area contributed by atoms with E-state index in [1.54, 1.807) is 32.0 Å². The zero-order valence-corrected chi connectivity index (χ0v) is 17.4. The second-order valence-corrected chi connectivity index (χ2v) is 9.71. The molecule has 0 spiro atoms. The van der Waals surface area contributed by atoms with Crippen LogP contribution in [0.5, 0.6) is 5.75 Å². The molecule has 1 aliphatic heterocycles. The standard InChI is InChI=1S/C21H23N3O5S/c1-12(2)23-30(28,29)14-7-8-19-17(11-14)15-4-3-5-16(15)21(22-19)18-10-13(24(26)27)6-9-20(18)25/h3-4,6-12,15-16,21-23,25H,5H2,1-2H3. The molecule has 3 N–H and O–H groups in total. The molecule has 1 aliphatic carbocycles. The van der Waals surface area contributed by atoms with Gasteiger partial charge in [-0.15, -0.1) is 0 Å². The minimum atomic E-state index is -3.63. The molecule has 9 heteroatoms. The molecule has 0 amide bonds. The number of nitro benzene ring substituents is 1. The Hall–Kier alpha value is -2.91. The van der Waals surface area contributed by atoms with Crippen molar-refractivity contribution in [2.45, 2.75) is 43.2 Å². The number of nitrogens with one attached hydrogen (secondary N) is 2. The number of rotatable bonds is 5. The highest BCUT2D eigenvalue weighted by Gasteiger charge is 2.40. The first-order valence-electron chi connectivity index (χ1n) is 9.74. The molecular formula is C21H23N3O5S. The van der Waals surface area contributed by atoms with Crippen molar-refractivity contribution in [1.82, 2.24) is 4.72 Å². The van der Waals surface area contributed by atoms with Crippen LogP contribution in [0, 0.1) is 16.0 Å². The Balaban J connectivity index is 1.76. The third-order valence-electron chi connectivity index (χ3n) is 5.59. The summed E-state index contributed by atoms with van der Waals surface area (Å²) in [6.07, 6.45) is 4.78. The van der Waals surface area contributed by atoms with Gasteiger partial charge in [0, 0.05) is 35.3 Å². The van der Waals surface area contributed by atoms with Crippen molar-refractivity contribution in [3.8, 4) is 5.75 Å². The fraction of sp³-hybridized carbons (Fsp3) is 0.333. The number of nitro groups is 1. The first kappa shape index (κ1) is 20.4. The molecule has 30 heavy (non-hydrogen) atoms. The second-order valence-electron chi connectivity index (χ2n) is 8.00. The third-order valence-corrected chi connectivity index (χ3v) is 7.25. The lowest BCUT2D eigenvalue weighted by molar-refractivity contribution is -0.385. The zero-order valence-electron chi connectivity index (χ0n) is 16.6. The molecule has 2 aromatic carbocycles. The Kier molecular flexibility index (Phi) is 5.03. The summed E-state index contributed by atoms with van der Waals surface area (Å²) in [6, 6.07) is 8.41. The van der Waals surface area contributed by atoms with Crippen molar-refractivity contribution in [2.75, 3.05) is 5.32 Å². The lowest BCUT2D eigenvalue weighted by atomic mass is 9.77. The molecule has 1 heterocycles. The molecular weight excluding hydrogens is 406 g/mol. The van der Waals surface area contributed by atoms with E-state index in [0.29, 0.717) is 12.0 Å². The number of phenolic OH excluding ortho intramolecular Hbond substituents is 1. The number of hydrogen-bond donors (Lipinski definition) is 3. The van der Waals surface area contributed by atoms with E-state index in [4.69, 9.17) is 0 Å². The van der Waals surface area contributed by atoms with E-state index in [1.165, 1.54) is 18.2 Å². The van der Waals surface area contributed by atoms with E-state index >= 15 is 0 Å². The summed E-state index contributed by atoms with van der Waals surface area (Å²) in [4.78, 5) is 10.9. The molecule has 0 aromatic heterocycles. The molecule has 2 aliphatic rings. The lowest BCUT2D eigenvalue weighted by Gasteiger charge is -2.37.